The number of carbonyl (C=O) groups excluding carboxylic acids is 1. The summed E-state index contributed by atoms with van der Waals surface area (Å²) in [5.41, 5.74) is 1.89. The Morgan fingerprint density at radius 1 is 1.42 bits per heavy atom. The van der Waals surface area contributed by atoms with Crippen LogP contribution in [-0.2, 0) is 9.53 Å². The van der Waals surface area contributed by atoms with Crippen LogP contribution in [0.4, 0.5) is 0 Å². The van der Waals surface area contributed by atoms with E-state index in [-0.39, 0.29) is 11.4 Å². The van der Waals surface area contributed by atoms with Gasteiger partial charge in [-0.15, -0.1) is 0 Å². The summed E-state index contributed by atoms with van der Waals surface area (Å²) in [5.74, 6) is 2.00. The lowest BCUT2D eigenvalue weighted by Gasteiger charge is -2.51. The minimum atomic E-state index is -0.160. The SMILES string of the molecule is C=C1[C@H]2CC[C@]3(C2)C(CC[C@H]3C)C1(C)COC(C)=O. The van der Waals surface area contributed by atoms with Crippen molar-refractivity contribution in [3.05, 3.63) is 12.2 Å². The van der Waals surface area contributed by atoms with E-state index in [1.807, 2.05) is 0 Å². The molecular weight excluding hydrogens is 236 g/mol. The summed E-state index contributed by atoms with van der Waals surface area (Å²) in [6, 6.07) is 0. The highest BCUT2D eigenvalue weighted by Gasteiger charge is 2.63. The van der Waals surface area contributed by atoms with Crippen LogP contribution in [0.1, 0.15) is 52.9 Å². The predicted octanol–water partition coefficient (Wildman–Crippen LogP) is 3.96. The molecule has 2 heteroatoms. The van der Waals surface area contributed by atoms with E-state index in [4.69, 9.17) is 4.74 Å². The molecule has 3 aliphatic rings. The Hall–Kier alpha value is -0.790. The van der Waals surface area contributed by atoms with Crippen molar-refractivity contribution in [3.8, 4) is 0 Å². The van der Waals surface area contributed by atoms with Crippen molar-refractivity contribution >= 4 is 5.97 Å². The summed E-state index contributed by atoms with van der Waals surface area (Å²) in [7, 11) is 0. The zero-order chi connectivity index (χ0) is 13.8. The third-order valence-electron chi connectivity index (χ3n) is 6.72. The molecule has 0 amide bonds. The van der Waals surface area contributed by atoms with Gasteiger partial charge < -0.3 is 4.74 Å². The van der Waals surface area contributed by atoms with Gasteiger partial charge in [0.25, 0.3) is 0 Å². The fraction of sp³-hybridized carbons (Fsp3) is 0.824. The molecular formula is C17H26O2. The van der Waals surface area contributed by atoms with Crippen molar-refractivity contribution in [2.45, 2.75) is 52.9 Å². The van der Waals surface area contributed by atoms with Gasteiger partial charge in [0.15, 0.2) is 0 Å². The topological polar surface area (TPSA) is 26.3 Å². The standard InChI is InChI=1S/C17H26O2/c1-11-5-6-15-16(4,10-19-13(3)18)12(2)14-7-8-17(11,15)9-14/h11,14-15H,2,5-10H2,1,3-4H3/t11-,14+,15?,16?,17-/m1/s1. The van der Waals surface area contributed by atoms with Gasteiger partial charge in [-0.3, -0.25) is 4.79 Å². The van der Waals surface area contributed by atoms with Crippen molar-refractivity contribution in [2.75, 3.05) is 6.61 Å². The Kier molecular flexibility index (Phi) is 2.85. The molecule has 0 heterocycles. The van der Waals surface area contributed by atoms with Crippen molar-refractivity contribution in [3.63, 3.8) is 0 Å². The molecule has 0 aromatic carbocycles. The lowest BCUT2D eigenvalue weighted by atomic mass is 9.54. The number of carbonyl (C=O) groups is 1. The molecule has 1 spiro atoms. The van der Waals surface area contributed by atoms with Gasteiger partial charge in [-0.1, -0.05) is 26.0 Å². The van der Waals surface area contributed by atoms with E-state index in [2.05, 4.69) is 20.4 Å². The molecule has 3 fully saturated rings. The van der Waals surface area contributed by atoms with Gasteiger partial charge in [0.1, 0.15) is 6.61 Å². The van der Waals surface area contributed by atoms with E-state index >= 15 is 0 Å². The molecule has 0 aromatic heterocycles. The molecule has 0 aliphatic heterocycles. The zero-order valence-electron chi connectivity index (χ0n) is 12.5. The van der Waals surface area contributed by atoms with Gasteiger partial charge in [-0.2, -0.15) is 0 Å². The second kappa shape index (κ2) is 4.10. The molecule has 106 valence electrons. The molecule has 0 radical (unpaired) electrons. The van der Waals surface area contributed by atoms with E-state index < -0.39 is 0 Å². The minimum absolute atomic E-state index is 0.00977. The Bertz CT molecular complexity index is 427. The van der Waals surface area contributed by atoms with Crippen molar-refractivity contribution in [2.24, 2.45) is 28.6 Å². The van der Waals surface area contributed by atoms with Crippen molar-refractivity contribution in [1.82, 2.24) is 0 Å². The van der Waals surface area contributed by atoms with Crippen LogP contribution in [0.2, 0.25) is 0 Å². The smallest absolute Gasteiger partial charge is 0.302 e. The predicted molar refractivity (Wildman–Crippen MR) is 75.5 cm³/mol. The van der Waals surface area contributed by atoms with Crippen LogP contribution < -0.4 is 0 Å². The Morgan fingerprint density at radius 3 is 2.84 bits per heavy atom. The Morgan fingerprint density at radius 2 is 2.16 bits per heavy atom. The van der Waals surface area contributed by atoms with Gasteiger partial charge in [-0.05, 0) is 55.3 Å². The largest absolute Gasteiger partial charge is 0.465 e. The quantitative estimate of drug-likeness (QED) is 0.556. The molecule has 3 saturated carbocycles. The minimum Gasteiger partial charge on any atom is -0.465 e. The van der Waals surface area contributed by atoms with Crippen LogP contribution in [0.3, 0.4) is 0 Å². The monoisotopic (exact) mass is 262 g/mol. The van der Waals surface area contributed by atoms with Gasteiger partial charge in [0.2, 0.25) is 0 Å². The maximum absolute atomic E-state index is 11.2. The average molecular weight is 262 g/mol. The third-order valence-corrected chi connectivity index (χ3v) is 6.72. The summed E-state index contributed by atoms with van der Waals surface area (Å²) in [6.45, 7) is 11.2. The zero-order valence-corrected chi connectivity index (χ0v) is 12.5. The van der Waals surface area contributed by atoms with Gasteiger partial charge in [0, 0.05) is 12.3 Å². The first-order valence-corrected chi connectivity index (χ1v) is 7.73. The van der Waals surface area contributed by atoms with E-state index in [9.17, 15) is 4.79 Å². The highest BCUT2D eigenvalue weighted by Crippen LogP contribution is 2.70. The first kappa shape index (κ1) is 13.2. The van der Waals surface area contributed by atoms with Crippen LogP contribution in [0.5, 0.6) is 0 Å². The van der Waals surface area contributed by atoms with Gasteiger partial charge in [-0.25, -0.2) is 0 Å². The van der Waals surface area contributed by atoms with E-state index in [0.717, 1.165) is 5.92 Å². The summed E-state index contributed by atoms with van der Waals surface area (Å²) < 4.78 is 5.42. The van der Waals surface area contributed by atoms with Gasteiger partial charge >= 0.3 is 5.97 Å². The van der Waals surface area contributed by atoms with Crippen LogP contribution in [-0.4, -0.2) is 12.6 Å². The van der Waals surface area contributed by atoms with Crippen molar-refractivity contribution < 1.29 is 9.53 Å². The third kappa shape index (κ3) is 1.64. The van der Waals surface area contributed by atoms with Crippen LogP contribution >= 0.6 is 0 Å². The molecule has 3 aliphatic carbocycles. The Labute approximate surface area is 116 Å². The lowest BCUT2D eigenvalue weighted by molar-refractivity contribution is -0.146. The van der Waals surface area contributed by atoms with E-state index in [1.165, 1.54) is 44.6 Å². The van der Waals surface area contributed by atoms with E-state index in [0.29, 0.717) is 23.9 Å². The highest BCUT2D eigenvalue weighted by atomic mass is 16.5. The molecule has 5 atom stereocenters. The second-order valence-corrected chi connectivity index (χ2v) is 7.43. The second-order valence-electron chi connectivity index (χ2n) is 7.43. The highest BCUT2D eigenvalue weighted by molar-refractivity contribution is 5.66. The van der Waals surface area contributed by atoms with Crippen molar-refractivity contribution in [1.29, 1.82) is 0 Å². The summed E-state index contributed by atoms with van der Waals surface area (Å²) in [6.07, 6.45) is 6.62. The van der Waals surface area contributed by atoms with Gasteiger partial charge in [0.05, 0.1) is 0 Å². The molecule has 2 unspecified atom stereocenters. The normalized spacial score (nSPS) is 48.2. The number of hydrogen-bond acceptors (Lipinski definition) is 2. The lowest BCUT2D eigenvalue weighted by Crippen LogP contribution is -2.47. The average Bonchev–Trinajstić information content (AvgIpc) is 2.91. The van der Waals surface area contributed by atoms with Crippen LogP contribution in [0.15, 0.2) is 12.2 Å². The molecule has 0 aromatic rings. The fourth-order valence-corrected chi connectivity index (χ4v) is 5.59. The molecule has 3 rings (SSSR count). The molecule has 2 bridgehead atoms. The summed E-state index contributed by atoms with van der Waals surface area (Å²) >= 11 is 0. The molecule has 2 nitrogen and oxygen atoms in total. The summed E-state index contributed by atoms with van der Waals surface area (Å²) in [5, 5.41) is 0. The maximum atomic E-state index is 11.2. The number of ether oxygens (including phenoxy) is 1. The number of rotatable bonds is 2. The first-order valence-electron chi connectivity index (χ1n) is 7.73. The molecule has 0 N–H and O–H groups in total. The number of esters is 1. The summed E-state index contributed by atoms with van der Waals surface area (Å²) in [4.78, 5) is 11.2. The van der Waals surface area contributed by atoms with E-state index in [1.54, 1.807) is 0 Å². The molecule has 0 saturated heterocycles. The van der Waals surface area contributed by atoms with Crippen LogP contribution in [0.25, 0.3) is 0 Å². The fourth-order valence-electron chi connectivity index (χ4n) is 5.59. The molecule has 19 heavy (non-hydrogen) atoms. The number of hydrogen-bond donors (Lipinski definition) is 0. The Balaban J connectivity index is 1.95. The maximum Gasteiger partial charge on any atom is 0.302 e. The first-order chi connectivity index (χ1) is 8.90. The van der Waals surface area contributed by atoms with Crippen LogP contribution in [0, 0.1) is 28.6 Å². The number of fused-ring (bicyclic) bond motifs is 1.